The molecule has 2 heterocycles. The van der Waals surface area contributed by atoms with Gasteiger partial charge in [0.05, 0.1) is 29.9 Å². The molecule has 33 heavy (non-hydrogen) atoms. The van der Waals surface area contributed by atoms with Crippen LogP contribution >= 0.6 is 24.8 Å². The van der Waals surface area contributed by atoms with Gasteiger partial charge in [0.15, 0.2) is 0 Å². The quantitative estimate of drug-likeness (QED) is 0.534. The van der Waals surface area contributed by atoms with Gasteiger partial charge in [-0.3, -0.25) is 0 Å². The predicted molar refractivity (Wildman–Crippen MR) is 124 cm³/mol. The van der Waals surface area contributed by atoms with Crippen LogP contribution in [0.3, 0.4) is 0 Å². The molecule has 11 heteroatoms. The van der Waals surface area contributed by atoms with E-state index >= 15 is 0 Å². The molecule has 1 aliphatic rings. The molecule has 0 bridgehead atoms. The van der Waals surface area contributed by atoms with E-state index in [1.54, 1.807) is 23.6 Å². The molecular weight excluding hydrogens is 482 g/mol. The van der Waals surface area contributed by atoms with E-state index in [0.29, 0.717) is 48.7 Å². The average molecular weight is 506 g/mol. The van der Waals surface area contributed by atoms with Crippen LogP contribution in [-0.2, 0) is 17.5 Å². The fourth-order valence-electron chi connectivity index (χ4n) is 4.02. The van der Waals surface area contributed by atoms with Crippen molar-refractivity contribution in [3.63, 3.8) is 0 Å². The second-order valence-corrected chi connectivity index (χ2v) is 7.60. The zero-order valence-corrected chi connectivity index (χ0v) is 19.6. The normalized spacial score (nSPS) is 14.0. The van der Waals surface area contributed by atoms with Gasteiger partial charge < -0.3 is 19.3 Å². The first-order valence-electron chi connectivity index (χ1n) is 9.89. The molecule has 4 rings (SSSR count). The SMILES string of the molecule is Cc1c(Cn2c(C)nc3c(C(=O)O)cc(N4CCOCC4)cc32)cccc1C(F)(F)F.Cl.Cl. The third-order valence-corrected chi connectivity index (χ3v) is 5.72. The zero-order chi connectivity index (χ0) is 22.3. The number of carbonyl (C=O) groups is 1. The molecule has 0 spiro atoms. The van der Waals surface area contributed by atoms with Crippen molar-refractivity contribution >= 4 is 47.5 Å². The number of aromatic carboxylic acids is 1. The molecule has 0 radical (unpaired) electrons. The van der Waals surface area contributed by atoms with Crippen LogP contribution in [0.15, 0.2) is 30.3 Å². The molecule has 0 aliphatic carbocycles. The van der Waals surface area contributed by atoms with Gasteiger partial charge in [-0.05, 0) is 43.2 Å². The molecule has 6 nitrogen and oxygen atoms in total. The Morgan fingerprint density at radius 3 is 2.42 bits per heavy atom. The number of aromatic nitrogens is 2. The number of anilines is 1. The van der Waals surface area contributed by atoms with Crippen molar-refractivity contribution in [1.29, 1.82) is 0 Å². The molecular formula is C22H24Cl2F3N3O3. The average Bonchev–Trinajstić information content (AvgIpc) is 3.03. The number of hydrogen-bond donors (Lipinski definition) is 1. The summed E-state index contributed by atoms with van der Waals surface area (Å²) in [4.78, 5) is 18.4. The van der Waals surface area contributed by atoms with Gasteiger partial charge in [-0.2, -0.15) is 13.2 Å². The Balaban J connectivity index is 0.00000193. The lowest BCUT2D eigenvalue weighted by molar-refractivity contribution is -0.138. The number of halogens is 5. The molecule has 1 N–H and O–H groups in total. The maximum atomic E-state index is 13.3. The van der Waals surface area contributed by atoms with Crippen LogP contribution in [-0.4, -0.2) is 46.9 Å². The Labute approximate surface area is 201 Å². The number of nitrogens with zero attached hydrogens (tertiary/aromatic N) is 3. The summed E-state index contributed by atoms with van der Waals surface area (Å²) in [5, 5.41) is 9.75. The number of ether oxygens (including phenoxy) is 1. The largest absolute Gasteiger partial charge is 0.478 e. The lowest BCUT2D eigenvalue weighted by Gasteiger charge is -2.29. The molecule has 0 amide bonds. The van der Waals surface area contributed by atoms with Crippen molar-refractivity contribution in [2.75, 3.05) is 31.2 Å². The second-order valence-electron chi connectivity index (χ2n) is 7.60. The van der Waals surface area contributed by atoms with Gasteiger partial charge in [0.1, 0.15) is 11.3 Å². The Hall–Kier alpha value is -2.49. The van der Waals surface area contributed by atoms with Crippen LogP contribution in [0.2, 0.25) is 0 Å². The maximum absolute atomic E-state index is 13.3. The number of aryl methyl sites for hydroxylation is 1. The van der Waals surface area contributed by atoms with Gasteiger partial charge in [-0.25, -0.2) is 9.78 Å². The molecule has 2 aromatic carbocycles. The smallest absolute Gasteiger partial charge is 0.416 e. The van der Waals surface area contributed by atoms with Gasteiger partial charge in [-0.15, -0.1) is 24.8 Å². The molecule has 0 saturated carbocycles. The number of fused-ring (bicyclic) bond motifs is 1. The topological polar surface area (TPSA) is 67.6 Å². The number of benzene rings is 2. The number of carboxylic acids is 1. The predicted octanol–water partition coefficient (Wildman–Crippen LogP) is 5.10. The molecule has 1 aliphatic heterocycles. The highest BCUT2D eigenvalue weighted by molar-refractivity contribution is 6.03. The first-order chi connectivity index (χ1) is 14.7. The van der Waals surface area contributed by atoms with Gasteiger partial charge in [-0.1, -0.05) is 12.1 Å². The van der Waals surface area contributed by atoms with E-state index in [9.17, 15) is 23.1 Å². The number of imidazole rings is 1. The lowest BCUT2D eigenvalue weighted by atomic mass is 10.0. The minimum atomic E-state index is -4.44. The highest BCUT2D eigenvalue weighted by Crippen LogP contribution is 2.34. The monoisotopic (exact) mass is 505 g/mol. The van der Waals surface area contributed by atoms with Crippen molar-refractivity contribution in [1.82, 2.24) is 9.55 Å². The summed E-state index contributed by atoms with van der Waals surface area (Å²) in [7, 11) is 0. The second kappa shape index (κ2) is 10.2. The number of rotatable bonds is 4. The fraction of sp³-hybridized carbons (Fsp3) is 0.364. The van der Waals surface area contributed by atoms with Crippen LogP contribution in [0.4, 0.5) is 18.9 Å². The van der Waals surface area contributed by atoms with E-state index < -0.39 is 17.7 Å². The summed E-state index contributed by atoms with van der Waals surface area (Å²) in [6.45, 7) is 5.68. The van der Waals surface area contributed by atoms with Gasteiger partial charge in [0, 0.05) is 25.3 Å². The Morgan fingerprint density at radius 2 is 1.82 bits per heavy atom. The van der Waals surface area contributed by atoms with E-state index in [1.807, 2.05) is 11.0 Å². The minimum absolute atomic E-state index is 0. The third kappa shape index (κ3) is 5.20. The highest BCUT2D eigenvalue weighted by atomic mass is 35.5. The summed E-state index contributed by atoms with van der Waals surface area (Å²) in [5.41, 5.74) is 1.69. The minimum Gasteiger partial charge on any atom is -0.478 e. The molecule has 3 aromatic rings. The van der Waals surface area contributed by atoms with Gasteiger partial charge in [0.2, 0.25) is 0 Å². The summed E-state index contributed by atoms with van der Waals surface area (Å²) < 4.78 is 47.2. The van der Waals surface area contributed by atoms with Crippen molar-refractivity contribution in [3.8, 4) is 0 Å². The Morgan fingerprint density at radius 1 is 1.15 bits per heavy atom. The highest BCUT2D eigenvalue weighted by Gasteiger charge is 2.33. The van der Waals surface area contributed by atoms with Crippen LogP contribution in [0.1, 0.15) is 32.9 Å². The van der Waals surface area contributed by atoms with E-state index in [4.69, 9.17) is 4.74 Å². The fourth-order valence-corrected chi connectivity index (χ4v) is 4.02. The van der Waals surface area contributed by atoms with Crippen LogP contribution in [0.5, 0.6) is 0 Å². The zero-order valence-electron chi connectivity index (χ0n) is 18.0. The summed E-state index contributed by atoms with van der Waals surface area (Å²) in [6, 6.07) is 7.57. The summed E-state index contributed by atoms with van der Waals surface area (Å²) in [5.74, 6) is -0.562. The first kappa shape index (κ1) is 26.8. The van der Waals surface area contributed by atoms with Gasteiger partial charge >= 0.3 is 12.1 Å². The lowest BCUT2D eigenvalue weighted by Crippen LogP contribution is -2.36. The molecule has 0 atom stereocenters. The van der Waals surface area contributed by atoms with E-state index in [-0.39, 0.29) is 42.5 Å². The summed E-state index contributed by atoms with van der Waals surface area (Å²) in [6.07, 6.45) is -4.44. The number of hydrogen-bond acceptors (Lipinski definition) is 4. The van der Waals surface area contributed by atoms with E-state index in [2.05, 4.69) is 4.98 Å². The Kier molecular flexibility index (Phi) is 8.27. The number of morpholine rings is 1. The molecule has 0 unspecified atom stereocenters. The summed E-state index contributed by atoms with van der Waals surface area (Å²) >= 11 is 0. The first-order valence-corrected chi connectivity index (χ1v) is 9.89. The van der Waals surface area contributed by atoms with Crippen molar-refractivity contribution in [2.24, 2.45) is 0 Å². The maximum Gasteiger partial charge on any atom is 0.416 e. The van der Waals surface area contributed by atoms with Crippen molar-refractivity contribution in [3.05, 3.63) is 58.4 Å². The molecule has 1 aromatic heterocycles. The Bertz CT molecular complexity index is 1160. The molecule has 180 valence electrons. The van der Waals surface area contributed by atoms with Crippen LogP contribution in [0.25, 0.3) is 11.0 Å². The van der Waals surface area contributed by atoms with Crippen LogP contribution < -0.4 is 4.90 Å². The van der Waals surface area contributed by atoms with E-state index in [0.717, 1.165) is 11.8 Å². The van der Waals surface area contributed by atoms with E-state index in [1.165, 1.54) is 13.0 Å². The number of alkyl halides is 3. The molecule has 1 saturated heterocycles. The van der Waals surface area contributed by atoms with Gasteiger partial charge in [0.25, 0.3) is 0 Å². The van der Waals surface area contributed by atoms with Crippen LogP contribution in [0, 0.1) is 13.8 Å². The van der Waals surface area contributed by atoms with Crippen molar-refractivity contribution in [2.45, 2.75) is 26.6 Å². The molecule has 1 fully saturated rings. The number of carboxylic acid groups (broad SMARTS) is 1. The van der Waals surface area contributed by atoms with Crippen molar-refractivity contribution < 1.29 is 27.8 Å². The third-order valence-electron chi connectivity index (χ3n) is 5.72. The standard InChI is InChI=1S/C22H22F3N3O3.2ClH/c1-13-15(4-3-5-18(13)22(23,24)25)12-28-14(2)26-20-17(21(29)30)10-16(11-19(20)28)27-6-8-31-9-7-27;;/h3-5,10-11H,6-9,12H2,1-2H3,(H,29,30);2*1H.